The Hall–Kier alpha value is -2.95. The summed E-state index contributed by atoms with van der Waals surface area (Å²) in [4.78, 5) is 17.1. The van der Waals surface area contributed by atoms with Crippen molar-refractivity contribution < 1.29 is 9.53 Å². The summed E-state index contributed by atoms with van der Waals surface area (Å²) >= 11 is 0. The number of rotatable bonds is 5. The van der Waals surface area contributed by atoms with Gasteiger partial charge in [-0.3, -0.25) is 9.69 Å². The van der Waals surface area contributed by atoms with Gasteiger partial charge in [0.2, 0.25) is 5.91 Å². The third kappa shape index (κ3) is 4.41. The number of amides is 1. The van der Waals surface area contributed by atoms with E-state index in [0.29, 0.717) is 6.42 Å². The number of hydrogen-bond acceptors (Lipinski definition) is 3. The molecule has 2 aliphatic heterocycles. The van der Waals surface area contributed by atoms with Crippen LogP contribution in [0.5, 0.6) is 0 Å². The maximum atomic E-state index is 12.8. The molecular weight excluding hydrogens is 384 g/mol. The van der Waals surface area contributed by atoms with Crippen molar-refractivity contribution in [1.82, 2.24) is 4.90 Å². The van der Waals surface area contributed by atoms with Gasteiger partial charge in [-0.2, -0.15) is 0 Å². The average molecular weight is 413 g/mol. The lowest BCUT2D eigenvalue weighted by molar-refractivity contribution is -0.119. The standard InChI is InChI=1S/C27H28N2O2/c30-27-13-12-24-10-11-25(20-26(24)29(27)15-14-28-16-18-31-19-17-28)23-8-6-22(7-9-23)21-4-2-1-3-5-21/h1-11,20H,12-19H2. The lowest BCUT2D eigenvalue weighted by Crippen LogP contribution is -2.44. The van der Waals surface area contributed by atoms with Gasteiger partial charge in [0.15, 0.2) is 0 Å². The van der Waals surface area contributed by atoms with Crippen LogP contribution in [0.15, 0.2) is 72.8 Å². The number of anilines is 1. The second kappa shape index (κ2) is 9.04. The number of benzene rings is 3. The van der Waals surface area contributed by atoms with Crippen molar-refractivity contribution in [2.75, 3.05) is 44.3 Å². The van der Waals surface area contributed by atoms with Crippen molar-refractivity contribution in [1.29, 1.82) is 0 Å². The summed E-state index contributed by atoms with van der Waals surface area (Å²) in [7, 11) is 0. The van der Waals surface area contributed by atoms with E-state index in [0.717, 1.165) is 57.1 Å². The van der Waals surface area contributed by atoms with Crippen LogP contribution >= 0.6 is 0 Å². The third-order valence-electron chi connectivity index (χ3n) is 6.35. The van der Waals surface area contributed by atoms with E-state index in [-0.39, 0.29) is 5.91 Å². The molecule has 1 amide bonds. The van der Waals surface area contributed by atoms with Crippen molar-refractivity contribution in [2.45, 2.75) is 12.8 Å². The monoisotopic (exact) mass is 412 g/mol. The summed E-state index contributed by atoms with van der Waals surface area (Å²) in [5, 5.41) is 0. The number of ether oxygens (including phenoxy) is 1. The zero-order chi connectivity index (χ0) is 21.0. The second-order valence-electron chi connectivity index (χ2n) is 8.29. The highest BCUT2D eigenvalue weighted by Gasteiger charge is 2.25. The van der Waals surface area contributed by atoms with Crippen LogP contribution in [0.3, 0.4) is 0 Å². The third-order valence-corrected chi connectivity index (χ3v) is 6.35. The molecule has 0 atom stereocenters. The number of morpholine rings is 1. The maximum Gasteiger partial charge on any atom is 0.227 e. The van der Waals surface area contributed by atoms with Gasteiger partial charge in [0.1, 0.15) is 0 Å². The highest BCUT2D eigenvalue weighted by Crippen LogP contribution is 2.33. The van der Waals surface area contributed by atoms with E-state index in [1.807, 2.05) is 11.0 Å². The van der Waals surface area contributed by atoms with Gasteiger partial charge in [-0.15, -0.1) is 0 Å². The molecule has 3 aromatic carbocycles. The van der Waals surface area contributed by atoms with Gasteiger partial charge in [-0.1, -0.05) is 66.7 Å². The maximum absolute atomic E-state index is 12.8. The minimum Gasteiger partial charge on any atom is -0.379 e. The molecule has 4 nitrogen and oxygen atoms in total. The molecular formula is C27H28N2O2. The molecule has 0 unspecified atom stereocenters. The number of fused-ring (bicyclic) bond motifs is 1. The van der Waals surface area contributed by atoms with Crippen LogP contribution in [0, 0.1) is 0 Å². The van der Waals surface area contributed by atoms with Crippen LogP contribution in [-0.2, 0) is 16.0 Å². The Bertz CT molecular complexity index is 1040. The Morgan fingerprint density at radius 3 is 2.10 bits per heavy atom. The number of nitrogens with zero attached hydrogens (tertiary/aromatic N) is 2. The van der Waals surface area contributed by atoms with E-state index in [2.05, 4.69) is 71.6 Å². The summed E-state index contributed by atoms with van der Waals surface area (Å²) in [6.07, 6.45) is 1.43. The van der Waals surface area contributed by atoms with Crippen LogP contribution in [0.1, 0.15) is 12.0 Å². The number of carbonyl (C=O) groups is 1. The molecule has 4 heteroatoms. The molecule has 0 N–H and O–H groups in total. The van der Waals surface area contributed by atoms with Crippen LogP contribution in [0.2, 0.25) is 0 Å². The average Bonchev–Trinajstić information content (AvgIpc) is 2.84. The molecule has 2 aliphatic rings. The van der Waals surface area contributed by atoms with E-state index >= 15 is 0 Å². The van der Waals surface area contributed by atoms with Crippen LogP contribution in [0.4, 0.5) is 5.69 Å². The van der Waals surface area contributed by atoms with Crippen LogP contribution < -0.4 is 4.90 Å². The first-order valence-corrected chi connectivity index (χ1v) is 11.2. The molecule has 31 heavy (non-hydrogen) atoms. The lowest BCUT2D eigenvalue weighted by Gasteiger charge is -2.33. The lowest BCUT2D eigenvalue weighted by atomic mass is 9.95. The molecule has 158 valence electrons. The summed E-state index contributed by atoms with van der Waals surface area (Å²) in [5.41, 5.74) is 7.11. The Kier molecular flexibility index (Phi) is 5.83. The SMILES string of the molecule is O=C1CCc2ccc(-c3ccc(-c4ccccc4)cc3)cc2N1CCN1CCOCC1. The molecule has 0 bridgehead atoms. The van der Waals surface area contributed by atoms with Crippen LogP contribution in [0.25, 0.3) is 22.3 Å². The first kappa shape index (κ1) is 20.0. The first-order valence-electron chi connectivity index (χ1n) is 11.2. The van der Waals surface area contributed by atoms with Crippen LogP contribution in [-0.4, -0.2) is 50.2 Å². The molecule has 0 spiro atoms. The van der Waals surface area contributed by atoms with Crippen molar-refractivity contribution in [3.05, 3.63) is 78.4 Å². The number of aryl methyl sites for hydroxylation is 1. The summed E-state index contributed by atoms with van der Waals surface area (Å²) < 4.78 is 5.45. The van der Waals surface area contributed by atoms with Gasteiger partial charge in [0.25, 0.3) is 0 Å². The highest BCUT2D eigenvalue weighted by molar-refractivity contribution is 5.97. The summed E-state index contributed by atoms with van der Waals surface area (Å²) in [6, 6.07) is 25.7. The zero-order valence-corrected chi connectivity index (χ0v) is 17.8. The minimum atomic E-state index is 0.234. The molecule has 5 rings (SSSR count). The quantitative estimate of drug-likeness (QED) is 0.612. The molecule has 1 saturated heterocycles. The van der Waals surface area contributed by atoms with Crippen molar-refractivity contribution in [2.24, 2.45) is 0 Å². The molecule has 1 fully saturated rings. The molecule has 3 aromatic rings. The highest BCUT2D eigenvalue weighted by atomic mass is 16.5. The van der Waals surface area contributed by atoms with E-state index < -0.39 is 0 Å². The van der Waals surface area contributed by atoms with Gasteiger partial charge in [0.05, 0.1) is 13.2 Å². The Morgan fingerprint density at radius 1 is 0.710 bits per heavy atom. The van der Waals surface area contributed by atoms with Gasteiger partial charge in [-0.25, -0.2) is 0 Å². The number of hydrogen-bond donors (Lipinski definition) is 0. The van der Waals surface area contributed by atoms with Crippen molar-refractivity contribution in [3.63, 3.8) is 0 Å². The molecule has 0 saturated carbocycles. The van der Waals surface area contributed by atoms with Gasteiger partial charge in [0, 0.05) is 38.3 Å². The zero-order valence-electron chi connectivity index (χ0n) is 17.8. The normalized spacial score (nSPS) is 16.9. The smallest absolute Gasteiger partial charge is 0.227 e. The van der Waals surface area contributed by atoms with Crippen molar-refractivity contribution >= 4 is 11.6 Å². The van der Waals surface area contributed by atoms with Gasteiger partial charge >= 0.3 is 0 Å². The van der Waals surface area contributed by atoms with E-state index in [4.69, 9.17) is 4.74 Å². The predicted octanol–water partition coefficient (Wildman–Crippen LogP) is 4.63. The summed E-state index contributed by atoms with van der Waals surface area (Å²) in [6.45, 7) is 5.10. The Labute approximate surface area is 184 Å². The number of carbonyl (C=O) groups excluding carboxylic acids is 1. The van der Waals surface area contributed by atoms with E-state index in [9.17, 15) is 4.79 Å². The Morgan fingerprint density at radius 2 is 1.35 bits per heavy atom. The fourth-order valence-corrected chi connectivity index (χ4v) is 4.51. The molecule has 0 aliphatic carbocycles. The van der Waals surface area contributed by atoms with E-state index in [1.165, 1.54) is 22.3 Å². The van der Waals surface area contributed by atoms with Gasteiger partial charge < -0.3 is 9.64 Å². The Balaban J connectivity index is 1.38. The largest absolute Gasteiger partial charge is 0.379 e. The first-order chi connectivity index (χ1) is 15.3. The van der Waals surface area contributed by atoms with Crippen molar-refractivity contribution in [3.8, 4) is 22.3 Å². The summed E-state index contributed by atoms with van der Waals surface area (Å²) in [5.74, 6) is 0.234. The minimum absolute atomic E-state index is 0.234. The molecule has 0 radical (unpaired) electrons. The topological polar surface area (TPSA) is 32.8 Å². The van der Waals surface area contributed by atoms with E-state index in [1.54, 1.807) is 0 Å². The van der Waals surface area contributed by atoms with Gasteiger partial charge in [-0.05, 0) is 40.3 Å². The fourth-order valence-electron chi connectivity index (χ4n) is 4.51. The fraction of sp³-hybridized carbons (Fsp3) is 0.296. The molecule has 2 heterocycles. The second-order valence-corrected chi connectivity index (χ2v) is 8.29. The predicted molar refractivity (Wildman–Crippen MR) is 125 cm³/mol. The molecule has 0 aromatic heterocycles.